The summed E-state index contributed by atoms with van der Waals surface area (Å²) in [5.74, 6) is -0.0166. The lowest BCUT2D eigenvalue weighted by Gasteiger charge is -2.34. The fourth-order valence-electron chi connectivity index (χ4n) is 2.68. The van der Waals surface area contributed by atoms with Crippen LogP contribution in [0.15, 0.2) is 18.2 Å². The van der Waals surface area contributed by atoms with E-state index >= 15 is 0 Å². The van der Waals surface area contributed by atoms with Crippen LogP contribution in [-0.2, 0) is 11.2 Å². The summed E-state index contributed by atoms with van der Waals surface area (Å²) in [5, 5.41) is 12.6. The average molecular weight is 262 g/mol. The maximum atomic E-state index is 12.5. The molecule has 1 unspecified atom stereocenters. The largest absolute Gasteiger partial charge is 0.394 e. The molecule has 1 fully saturated rings. The van der Waals surface area contributed by atoms with E-state index in [4.69, 9.17) is 4.74 Å². The molecule has 0 aromatic heterocycles. The zero-order valence-electron chi connectivity index (χ0n) is 10.8. The summed E-state index contributed by atoms with van der Waals surface area (Å²) in [6, 6.07) is 5.54. The van der Waals surface area contributed by atoms with Gasteiger partial charge in [-0.15, -0.1) is 0 Å². The molecule has 2 N–H and O–H groups in total. The number of fused-ring (bicyclic) bond motifs is 1. The first-order valence-corrected chi connectivity index (χ1v) is 6.66. The van der Waals surface area contributed by atoms with Gasteiger partial charge in [0.15, 0.2) is 0 Å². The summed E-state index contributed by atoms with van der Waals surface area (Å²) in [4.78, 5) is 14.2. The highest BCUT2D eigenvalue weighted by Gasteiger charge is 2.28. The van der Waals surface area contributed by atoms with Gasteiger partial charge in [-0.1, -0.05) is 0 Å². The van der Waals surface area contributed by atoms with E-state index in [9.17, 15) is 9.90 Å². The number of morpholine rings is 1. The minimum Gasteiger partial charge on any atom is -0.394 e. The number of anilines is 1. The lowest BCUT2D eigenvalue weighted by molar-refractivity contribution is -0.0183. The number of nitrogens with one attached hydrogen (secondary N) is 1. The lowest BCUT2D eigenvalue weighted by Crippen LogP contribution is -2.50. The normalized spacial score (nSPS) is 21.9. The van der Waals surface area contributed by atoms with E-state index in [2.05, 4.69) is 5.32 Å². The van der Waals surface area contributed by atoms with Gasteiger partial charge < -0.3 is 20.1 Å². The minimum atomic E-state index is -0.229. The van der Waals surface area contributed by atoms with Crippen LogP contribution in [-0.4, -0.2) is 54.9 Å². The number of nitrogens with zero attached hydrogens (tertiary/aromatic N) is 1. The smallest absolute Gasteiger partial charge is 0.254 e. The van der Waals surface area contributed by atoms with Crippen molar-refractivity contribution in [3.8, 4) is 0 Å². The predicted octanol–water partition coefficient (Wildman–Crippen LogP) is 0.488. The van der Waals surface area contributed by atoms with Crippen molar-refractivity contribution in [1.82, 2.24) is 4.90 Å². The molecule has 2 aliphatic rings. The zero-order valence-corrected chi connectivity index (χ0v) is 10.8. The average Bonchev–Trinajstić information content (AvgIpc) is 2.93. The molecule has 5 nitrogen and oxygen atoms in total. The van der Waals surface area contributed by atoms with Gasteiger partial charge in [0.2, 0.25) is 0 Å². The molecule has 0 aliphatic carbocycles. The van der Waals surface area contributed by atoms with Crippen molar-refractivity contribution in [3.05, 3.63) is 29.3 Å². The molecule has 1 amide bonds. The Morgan fingerprint density at radius 2 is 2.42 bits per heavy atom. The number of aliphatic hydroxyl groups excluding tert-OH is 1. The highest BCUT2D eigenvalue weighted by atomic mass is 16.5. The first-order valence-electron chi connectivity index (χ1n) is 6.66. The quantitative estimate of drug-likeness (QED) is 0.814. The summed E-state index contributed by atoms with van der Waals surface area (Å²) >= 11 is 0. The first kappa shape index (κ1) is 12.4. The highest BCUT2D eigenvalue weighted by Crippen LogP contribution is 2.24. The van der Waals surface area contributed by atoms with Crippen LogP contribution < -0.4 is 5.32 Å². The molecule has 1 aromatic rings. The molecule has 1 atom stereocenters. The van der Waals surface area contributed by atoms with Crippen molar-refractivity contribution in [2.75, 3.05) is 38.2 Å². The van der Waals surface area contributed by atoms with E-state index in [0.29, 0.717) is 25.3 Å². The van der Waals surface area contributed by atoms with Crippen LogP contribution in [0, 0.1) is 0 Å². The fraction of sp³-hybridized carbons (Fsp3) is 0.500. The van der Waals surface area contributed by atoms with Gasteiger partial charge in [-0.25, -0.2) is 0 Å². The molecule has 0 bridgehead atoms. The second kappa shape index (κ2) is 5.19. The molecule has 1 saturated heterocycles. The minimum absolute atomic E-state index is 0.0166. The number of benzene rings is 1. The van der Waals surface area contributed by atoms with Gasteiger partial charge in [0, 0.05) is 24.3 Å². The van der Waals surface area contributed by atoms with Crippen molar-refractivity contribution < 1.29 is 14.6 Å². The Morgan fingerprint density at radius 3 is 3.26 bits per heavy atom. The number of aliphatic hydroxyl groups is 1. The second-order valence-corrected chi connectivity index (χ2v) is 4.96. The predicted molar refractivity (Wildman–Crippen MR) is 71.4 cm³/mol. The standard InChI is InChI=1S/C14H18N2O3/c17-8-12-9-19-6-5-16(12)14(18)11-1-2-13-10(7-11)3-4-15-13/h1-2,7,12,15,17H,3-6,8-9H2. The fourth-order valence-corrected chi connectivity index (χ4v) is 2.68. The van der Waals surface area contributed by atoms with E-state index in [-0.39, 0.29) is 18.6 Å². The summed E-state index contributed by atoms with van der Waals surface area (Å²) in [6.07, 6.45) is 0.961. The van der Waals surface area contributed by atoms with Crippen molar-refractivity contribution in [3.63, 3.8) is 0 Å². The van der Waals surface area contributed by atoms with Crippen LogP contribution in [0.5, 0.6) is 0 Å². The number of hydrogen-bond acceptors (Lipinski definition) is 4. The van der Waals surface area contributed by atoms with E-state index in [1.807, 2.05) is 18.2 Å². The number of carbonyl (C=O) groups excluding carboxylic acids is 1. The van der Waals surface area contributed by atoms with E-state index < -0.39 is 0 Å². The molecule has 3 rings (SSSR count). The molecule has 0 radical (unpaired) electrons. The number of ether oxygens (including phenoxy) is 1. The van der Waals surface area contributed by atoms with Crippen LogP contribution in [0.1, 0.15) is 15.9 Å². The summed E-state index contributed by atoms with van der Waals surface area (Å²) in [5.41, 5.74) is 3.01. The number of amides is 1. The molecule has 0 spiro atoms. The van der Waals surface area contributed by atoms with E-state index in [1.54, 1.807) is 4.90 Å². The maximum Gasteiger partial charge on any atom is 0.254 e. The zero-order chi connectivity index (χ0) is 13.2. The Morgan fingerprint density at radius 1 is 1.53 bits per heavy atom. The van der Waals surface area contributed by atoms with Gasteiger partial charge in [-0.3, -0.25) is 4.79 Å². The molecule has 102 valence electrons. The third-order valence-electron chi connectivity index (χ3n) is 3.76. The molecular weight excluding hydrogens is 244 g/mol. The van der Waals surface area contributed by atoms with E-state index in [0.717, 1.165) is 18.7 Å². The van der Waals surface area contributed by atoms with E-state index in [1.165, 1.54) is 5.56 Å². The SMILES string of the molecule is O=C(c1ccc2c(c1)CCN2)N1CCOCC1CO. The van der Waals surface area contributed by atoms with Gasteiger partial charge >= 0.3 is 0 Å². The van der Waals surface area contributed by atoms with Gasteiger partial charge in [0.1, 0.15) is 0 Å². The Bertz CT molecular complexity index is 490. The molecule has 0 saturated carbocycles. The van der Waals surface area contributed by atoms with Crippen molar-refractivity contribution in [2.45, 2.75) is 12.5 Å². The lowest BCUT2D eigenvalue weighted by atomic mass is 10.1. The Labute approximate surface area is 112 Å². The van der Waals surface area contributed by atoms with Gasteiger partial charge in [0.25, 0.3) is 5.91 Å². The monoisotopic (exact) mass is 262 g/mol. The van der Waals surface area contributed by atoms with Crippen molar-refractivity contribution in [2.24, 2.45) is 0 Å². The van der Waals surface area contributed by atoms with Crippen LogP contribution >= 0.6 is 0 Å². The van der Waals surface area contributed by atoms with Crippen LogP contribution in [0.4, 0.5) is 5.69 Å². The maximum absolute atomic E-state index is 12.5. The van der Waals surface area contributed by atoms with Crippen molar-refractivity contribution in [1.29, 1.82) is 0 Å². The van der Waals surface area contributed by atoms with Crippen LogP contribution in [0.2, 0.25) is 0 Å². The molecule has 1 aromatic carbocycles. The Balaban J connectivity index is 1.82. The van der Waals surface area contributed by atoms with Crippen molar-refractivity contribution >= 4 is 11.6 Å². The highest BCUT2D eigenvalue weighted by molar-refractivity contribution is 5.95. The molecule has 2 heterocycles. The number of rotatable bonds is 2. The van der Waals surface area contributed by atoms with Gasteiger partial charge in [0.05, 0.1) is 25.9 Å². The molecule has 19 heavy (non-hydrogen) atoms. The third kappa shape index (κ3) is 2.31. The summed E-state index contributed by atoms with van der Waals surface area (Å²) in [6.45, 7) is 2.37. The summed E-state index contributed by atoms with van der Waals surface area (Å²) < 4.78 is 5.30. The first-order chi connectivity index (χ1) is 9.29. The van der Waals surface area contributed by atoms with Crippen LogP contribution in [0.3, 0.4) is 0 Å². The van der Waals surface area contributed by atoms with Gasteiger partial charge in [-0.2, -0.15) is 0 Å². The van der Waals surface area contributed by atoms with Crippen LogP contribution in [0.25, 0.3) is 0 Å². The molecular formula is C14H18N2O3. The molecule has 2 aliphatic heterocycles. The number of hydrogen-bond donors (Lipinski definition) is 2. The number of carbonyl (C=O) groups is 1. The second-order valence-electron chi connectivity index (χ2n) is 4.96. The Hall–Kier alpha value is -1.59. The topological polar surface area (TPSA) is 61.8 Å². The third-order valence-corrected chi connectivity index (χ3v) is 3.76. The Kier molecular flexibility index (Phi) is 3.40. The van der Waals surface area contributed by atoms with Gasteiger partial charge in [-0.05, 0) is 30.2 Å². The summed E-state index contributed by atoms with van der Waals surface area (Å²) in [7, 11) is 0. The molecule has 5 heteroatoms.